The van der Waals surface area contributed by atoms with Crippen LogP contribution in [0, 0.1) is 0 Å². The largest absolute Gasteiger partial charge is 0.497 e. The predicted octanol–water partition coefficient (Wildman–Crippen LogP) is 4.21. The monoisotopic (exact) mass is 466 g/mol. The van der Waals surface area contributed by atoms with E-state index in [1.165, 1.54) is 36.6 Å². The van der Waals surface area contributed by atoms with Crippen LogP contribution in [-0.4, -0.2) is 31.6 Å². The lowest BCUT2D eigenvalue weighted by Crippen LogP contribution is -2.16. The SMILES string of the molecule is CCCc1nnc(NC(=O)c2ccc(Cl)c(S(=O)(=O)Nc3ccc(OC)cc3)c2)s1. The molecule has 0 saturated heterocycles. The first-order chi connectivity index (χ1) is 14.3. The van der Waals surface area contributed by atoms with Gasteiger partial charge in [-0.15, -0.1) is 10.2 Å². The molecule has 0 radical (unpaired) electrons. The molecule has 1 heterocycles. The molecule has 11 heteroatoms. The second-order valence-electron chi connectivity index (χ2n) is 6.18. The second kappa shape index (κ2) is 9.41. The van der Waals surface area contributed by atoms with Gasteiger partial charge in [0.1, 0.15) is 15.7 Å². The normalized spacial score (nSPS) is 11.2. The van der Waals surface area contributed by atoms with Crippen LogP contribution in [0.4, 0.5) is 10.8 Å². The van der Waals surface area contributed by atoms with Gasteiger partial charge in [-0.05, 0) is 48.9 Å². The summed E-state index contributed by atoms with van der Waals surface area (Å²) in [5.41, 5.74) is 0.459. The smallest absolute Gasteiger partial charge is 0.263 e. The fraction of sp³-hybridized carbons (Fsp3) is 0.211. The van der Waals surface area contributed by atoms with E-state index in [0.717, 1.165) is 17.8 Å². The van der Waals surface area contributed by atoms with Crippen LogP contribution in [-0.2, 0) is 16.4 Å². The number of halogens is 1. The van der Waals surface area contributed by atoms with E-state index >= 15 is 0 Å². The Hall–Kier alpha value is -2.69. The van der Waals surface area contributed by atoms with E-state index < -0.39 is 15.9 Å². The molecule has 0 atom stereocenters. The molecule has 2 aromatic carbocycles. The number of rotatable bonds is 8. The Balaban J connectivity index is 1.81. The van der Waals surface area contributed by atoms with Crippen molar-refractivity contribution in [3.05, 3.63) is 58.1 Å². The molecule has 0 fully saturated rings. The molecule has 3 rings (SSSR count). The molecule has 0 unspecified atom stereocenters. The van der Waals surface area contributed by atoms with E-state index in [1.807, 2.05) is 6.92 Å². The van der Waals surface area contributed by atoms with E-state index in [9.17, 15) is 13.2 Å². The van der Waals surface area contributed by atoms with Gasteiger partial charge in [0.2, 0.25) is 5.13 Å². The second-order valence-corrected chi connectivity index (χ2v) is 9.30. The van der Waals surface area contributed by atoms with Crippen LogP contribution in [0.2, 0.25) is 5.02 Å². The molecular formula is C19H19ClN4O4S2. The zero-order chi connectivity index (χ0) is 21.7. The van der Waals surface area contributed by atoms with Crippen molar-refractivity contribution >= 4 is 49.7 Å². The summed E-state index contributed by atoms with van der Waals surface area (Å²) in [4.78, 5) is 12.3. The van der Waals surface area contributed by atoms with E-state index in [4.69, 9.17) is 16.3 Å². The van der Waals surface area contributed by atoms with Gasteiger partial charge in [0.25, 0.3) is 15.9 Å². The van der Waals surface area contributed by atoms with Crippen LogP contribution in [0.25, 0.3) is 0 Å². The third-order valence-electron chi connectivity index (χ3n) is 3.98. The molecule has 0 aliphatic rings. The lowest BCUT2D eigenvalue weighted by molar-refractivity contribution is 0.102. The van der Waals surface area contributed by atoms with Crippen LogP contribution >= 0.6 is 22.9 Å². The van der Waals surface area contributed by atoms with Gasteiger partial charge in [-0.25, -0.2) is 8.42 Å². The number of aromatic nitrogens is 2. The van der Waals surface area contributed by atoms with Gasteiger partial charge in [-0.3, -0.25) is 14.8 Å². The average molecular weight is 467 g/mol. The third kappa shape index (κ3) is 5.26. The lowest BCUT2D eigenvalue weighted by Gasteiger charge is -2.11. The number of aryl methyl sites for hydroxylation is 1. The number of sulfonamides is 1. The number of nitrogens with one attached hydrogen (secondary N) is 2. The molecule has 8 nitrogen and oxygen atoms in total. The van der Waals surface area contributed by atoms with Gasteiger partial charge in [-0.2, -0.15) is 0 Å². The number of ether oxygens (including phenoxy) is 1. The summed E-state index contributed by atoms with van der Waals surface area (Å²) >= 11 is 7.38. The van der Waals surface area contributed by atoms with Gasteiger partial charge in [0.15, 0.2) is 0 Å². The quantitative estimate of drug-likeness (QED) is 0.514. The number of hydrogen-bond donors (Lipinski definition) is 2. The number of nitrogens with zero attached hydrogens (tertiary/aromatic N) is 2. The summed E-state index contributed by atoms with van der Waals surface area (Å²) in [6, 6.07) is 10.4. The highest BCUT2D eigenvalue weighted by molar-refractivity contribution is 7.92. The number of anilines is 2. The Labute approximate surface area is 183 Å². The summed E-state index contributed by atoms with van der Waals surface area (Å²) in [5, 5.41) is 11.7. The highest BCUT2D eigenvalue weighted by Crippen LogP contribution is 2.26. The maximum atomic E-state index is 12.8. The number of benzene rings is 2. The van der Waals surface area contributed by atoms with Gasteiger partial charge in [0.05, 0.1) is 12.1 Å². The van der Waals surface area contributed by atoms with Crippen LogP contribution in [0.1, 0.15) is 28.7 Å². The van der Waals surface area contributed by atoms with Gasteiger partial charge < -0.3 is 4.74 Å². The van der Waals surface area contributed by atoms with Gasteiger partial charge in [0, 0.05) is 17.7 Å². The molecule has 1 amide bonds. The number of carbonyl (C=O) groups excluding carboxylic acids is 1. The van der Waals surface area contributed by atoms with Crippen molar-refractivity contribution in [3.8, 4) is 5.75 Å². The maximum absolute atomic E-state index is 12.8. The highest BCUT2D eigenvalue weighted by atomic mass is 35.5. The first-order valence-electron chi connectivity index (χ1n) is 8.92. The van der Waals surface area contributed by atoms with Crippen molar-refractivity contribution in [3.63, 3.8) is 0 Å². The van der Waals surface area contributed by atoms with Crippen LogP contribution < -0.4 is 14.8 Å². The minimum Gasteiger partial charge on any atom is -0.497 e. The van der Waals surface area contributed by atoms with Crippen LogP contribution in [0.5, 0.6) is 5.75 Å². The van der Waals surface area contributed by atoms with Crippen molar-refractivity contribution in [2.45, 2.75) is 24.7 Å². The number of methoxy groups -OCH3 is 1. The van der Waals surface area contributed by atoms with Gasteiger partial charge >= 0.3 is 0 Å². The van der Waals surface area contributed by atoms with Crippen molar-refractivity contribution in [1.29, 1.82) is 0 Å². The molecule has 3 aromatic rings. The lowest BCUT2D eigenvalue weighted by atomic mass is 10.2. The van der Waals surface area contributed by atoms with E-state index in [2.05, 4.69) is 20.2 Å². The molecule has 0 aliphatic carbocycles. The summed E-state index contributed by atoms with van der Waals surface area (Å²) in [6.07, 6.45) is 1.69. The fourth-order valence-electron chi connectivity index (χ4n) is 2.51. The topological polar surface area (TPSA) is 110 Å². The van der Waals surface area contributed by atoms with Crippen molar-refractivity contribution in [1.82, 2.24) is 10.2 Å². The Morgan fingerprint density at radius 1 is 1.17 bits per heavy atom. The fourth-order valence-corrected chi connectivity index (χ4v) is 4.93. The zero-order valence-corrected chi connectivity index (χ0v) is 18.6. The van der Waals surface area contributed by atoms with Crippen molar-refractivity contribution in [2.24, 2.45) is 0 Å². The zero-order valence-electron chi connectivity index (χ0n) is 16.2. The molecule has 30 heavy (non-hydrogen) atoms. The molecule has 158 valence electrons. The Kier molecular flexibility index (Phi) is 6.91. The molecule has 0 saturated carbocycles. The van der Waals surface area contributed by atoms with Gasteiger partial charge in [-0.1, -0.05) is 29.9 Å². The summed E-state index contributed by atoms with van der Waals surface area (Å²) < 4.78 is 33.1. The minimum absolute atomic E-state index is 0.00582. The molecule has 2 N–H and O–H groups in total. The number of hydrogen-bond acceptors (Lipinski definition) is 7. The highest BCUT2D eigenvalue weighted by Gasteiger charge is 2.21. The third-order valence-corrected chi connectivity index (χ3v) is 6.74. The summed E-state index contributed by atoms with van der Waals surface area (Å²) in [6.45, 7) is 2.02. The molecule has 1 aromatic heterocycles. The maximum Gasteiger partial charge on any atom is 0.263 e. The Bertz CT molecular complexity index is 1150. The van der Waals surface area contributed by atoms with E-state index in [0.29, 0.717) is 16.6 Å². The minimum atomic E-state index is -4.02. The van der Waals surface area contributed by atoms with Crippen molar-refractivity contribution in [2.75, 3.05) is 17.1 Å². The molecule has 0 spiro atoms. The summed E-state index contributed by atoms with van der Waals surface area (Å²) in [5.74, 6) is 0.0835. The molecule has 0 bridgehead atoms. The predicted molar refractivity (Wildman–Crippen MR) is 117 cm³/mol. The standard InChI is InChI=1S/C19H19ClN4O4S2/c1-3-4-17-22-23-19(29-17)21-18(25)12-5-10-15(20)16(11-12)30(26,27)24-13-6-8-14(28-2)9-7-13/h5-11,24H,3-4H2,1-2H3,(H,21,23,25). The average Bonchev–Trinajstić information content (AvgIpc) is 3.15. The molecule has 0 aliphatic heterocycles. The first-order valence-corrected chi connectivity index (χ1v) is 11.6. The Morgan fingerprint density at radius 2 is 1.90 bits per heavy atom. The van der Waals surface area contributed by atoms with E-state index in [1.54, 1.807) is 24.3 Å². The van der Waals surface area contributed by atoms with Crippen molar-refractivity contribution < 1.29 is 17.9 Å². The van der Waals surface area contributed by atoms with Crippen LogP contribution in [0.3, 0.4) is 0 Å². The molecular weight excluding hydrogens is 448 g/mol. The first kappa shape index (κ1) is 22.0. The Morgan fingerprint density at radius 3 is 2.57 bits per heavy atom. The number of carbonyl (C=O) groups is 1. The summed E-state index contributed by atoms with van der Waals surface area (Å²) in [7, 11) is -2.51. The van der Waals surface area contributed by atoms with E-state index in [-0.39, 0.29) is 15.5 Å². The number of amides is 1. The van der Waals surface area contributed by atoms with Crippen LogP contribution in [0.15, 0.2) is 47.4 Å².